The first kappa shape index (κ1) is 12.9. The number of amides is 3. The molecule has 106 valence electrons. The van der Waals surface area contributed by atoms with E-state index in [1.165, 1.54) is 10.5 Å². The van der Waals surface area contributed by atoms with Crippen molar-refractivity contribution in [1.82, 2.24) is 15.5 Å². The molecule has 2 N–H and O–H groups in total. The minimum atomic E-state index is -0.281. The van der Waals surface area contributed by atoms with Crippen molar-refractivity contribution in [2.75, 3.05) is 37.6 Å². The second-order valence-corrected chi connectivity index (χ2v) is 5.00. The standard InChI is InChI=1S/C14H18N4O2/c19-13(18-8-6-16-14(18)20)10-17-7-5-15-9-11-3-1-2-4-12(11)17/h1-4,15H,5-10H2,(H,16,20). The Labute approximate surface area is 117 Å². The summed E-state index contributed by atoms with van der Waals surface area (Å²) in [4.78, 5) is 27.1. The minimum Gasteiger partial charge on any atom is -0.361 e. The summed E-state index contributed by atoms with van der Waals surface area (Å²) in [6, 6.07) is 7.79. The van der Waals surface area contributed by atoms with Crippen molar-refractivity contribution in [3.8, 4) is 0 Å². The van der Waals surface area contributed by atoms with E-state index in [-0.39, 0.29) is 18.5 Å². The molecule has 1 fully saturated rings. The summed E-state index contributed by atoms with van der Waals surface area (Å²) in [5.41, 5.74) is 2.26. The van der Waals surface area contributed by atoms with Crippen molar-refractivity contribution >= 4 is 17.6 Å². The number of para-hydroxylation sites is 1. The van der Waals surface area contributed by atoms with Crippen molar-refractivity contribution in [3.05, 3.63) is 29.8 Å². The maximum atomic E-state index is 12.2. The van der Waals surface area contributed by atoms with Gasteiger partial charge in [0.1, 0.15) is 0 Å². The molecule has 1 aromatic rings. The van der Waals surface area contributed by atoms with E-state index in [4.69, 9.17) is 0 Å². The maximum absolute atomic E-state index is 12.2. The molecule has 0 bridgehead atoms. The number of hydrogen-bond donors (Lipinski definition) is 2. The van der Waals surface area contributed by atoms with Gasteiger partial charge in [0.15, 0.2) is 0 Å². The van der Waals surface area contributed by atoms with Gasteiger partial charge in [0.2, 0.25) is 5.91 Å². The largest absolute Gasteiger partial charge is 0.361 e. The molecule has 0 unspecified atom stereocenters. The number of carbonyl (C=O) groups excluding carboxylic acids is 2. The molecule has 0 radical (unpaired) electrons. The van der Waals surface area contributed by atoms with Crippen LogP contribution >= 0.6 is 0 Å². The average molecular weight is 274 g/mol. The van der Waals surface area contributed by atoms with Crippen molar-refractivity contribution in [2.45, 2.75) is 6.54 Å². The Bertz CT molecular complexity index is 532. The number of carbonyl (C=O) groups is 2. The lowest BCUT2D eigenvalue weighted by atomic mass is 10.1. The fourth-order valence-electron chi connectivity index (χ4n) is 2.65. The quantitative estimate of drug-likeness (QED) is 0.805. The van der Waals surface area contributed by atoms with Crippen LogP contribution in [0.1, 0.15) is 5.56 Å². The lowest BCUT2D eigenvalue weighted by molar-refractivity contribution is -0.126. The van der Waals surface area contributed by atoms with E-state index in [0.29, 0.717) is 13.1 Å². The Morgan fingerprint density at radius 2 is 2.05 bits per heavy atom. The Morgan fingerprint density at radius 1 is 1.20 bits per heavy atom. The second kappa shape index (κ2) is 5.50. The Balaban J connectivity index is 1.76. The first-order chi connectivity index (χ1) is 9.75. The van der Waals surface area contributed by atoms with Gasteiger partial charge in [-0.25, -0.2) is 4.79 Å². The van der Waals surface area contributed by atoms with Gasteiger partial charge < -0.3 is 15.5 Å². The van der Waals surface area contributed by atoms with Gasteiger partial charge >= 0.3 is 6.03 Å². The maximum Gasteiger partial charge on any atom is 0.324 e. The Hall–Kier alpha value is -2.08. The molecule has 0 saturated carbocycles. The average Bonchev–Trinajstić information content (AvgIpc) is 2.78. The molecule has 6 heteroatoms. The molecule has 0 atom stereocenters. The van der Waals surface area contributed by atoms with E-state index < -0.39 is 0 Å². The summed E-state index contributed by atoms with van der Waals surface area (Å²) in [5.74, 6) is -0.142. The van der Waals surface area contributed by atoms with Crippen LogP contribution in [-0.2, 0) is 11.3 Å². The summed E-state index contributed by atoms with van der Waals surface area (Å²) < 4.78 is 0. The van der Waals surface area contributed by atoms with Gasteiger partial charge in [-0.05, 0) is 11.6 Å². The van der Waals surface area contributed by atoms with Crippen LogP contribution in [0.2, 0.25) is 0 Å². The molecule has 0 aliphatic carbocycles. The molecule has 2 heterocycles. The summed E-state index contributed by atoms with van der Waals surface area (Å²) in [7, 11) is 0. The lowest BCUT2D eigenvalue weighted by Crippen LogP contribution is -2.43. The molecule has 0 spiro atoms. The van der Waals surface area contributed by atoms with Crippen molar-refractivity contribution in [1.29, 1.82) is 0 Å². The van der Waals surface area contributed by atoms with Crippen LogP contribution in [-0.4, -0.2) is 49.6 Å². The first-order valence-electron chi connectivity index (χ1n) is 6.87. The zero-order chi connectivity index (χ0) is 13.9. The molecule has 0 aromatic heterocycles. The number of imide groups is 1. The number of nitrogens with one attached hydrogen (secondary N) is 2. The van der Waals surface area contributed by atoms with Crippen LogP contribution in [0.25, 0.3) is 0 Å². The van der Waals surface area contributed by atoms with E-state index in [0.717, 1.165) is 25.3 Å². The molecule has 3 amide bonds. The summed E-state index contributed by atoms with van der Waals surface area (Å²) in [5, 5.41) is 5.99. The third-order valence-electron chi connectivity index (χ3n) is 3.69. The third kappa shape index (κ3) is 2.46. The minimum absolute atomic E-state index is 0.142. The van der Waals surface area contributed by atoms with Gasteiger partial charge in [-0.2, -0.15) is 0 Å². The van der Waals surface area contributed by atoms with Crippen LogP contribution in [0.15, 0.2) is 24.3 Å². The van der Waals surface area contributed by atoms with Crippen molar-refractivity contribution in [2.24, 2.45) is 0 Å². The number of fused-ring (bicyclic) bond motifs is 1. The normalized spacial score (nSPS) is 18.5. The summed E-state index contributed by atoms with van der Waals surface area (Å²) in [6.45, 7) is 3.65. The van der Waals surface area contributed by atoms with Gasteiger partial charge in [0, 0.05) is 38.4 Å². The topological polar surface area (TPSA) is 64.7 Å². The first-order valence-corrected chi connectivity index (χ1v) is 6.87. The zero-order valence-corrected chi connectivity index (χ0v) is 11.3. The Kier molecular flexibility index (Phi) is 3.56. The highest BCUT2D eigenvalue weighted by Crippen LogP contribution is 2.22. The predicted molar refractivity (Wildman–Crippen MR) is 75.5 cm³/mol. The van der Waals surface area contributed by atoms with E-state index >= 15 is 0 Å². The monoisotopic (exact) mass is 274 g/mol. The van der Waals surface area contributed by atoms with Gasteiger partial charge in [0.25, 0.3) is 0 Å². The molecule has 2 aliphatic rings. The highest BCUT2D eigenvalue weighted by Gasteiger charge is 2.28. The molecule has 20 heavy (non-hydrogen) atoms. The van der Waals surface area contributed by atoms with Gasteiger partial charge in [-0.1, -0.05) is 18.2 Å². The molecule has 6 nitrogen and oxygen atoms in total. The highest BCUT2D eigenvalue weighted by molar-refractivity contribution is 5.97. The molecule has 2 aliphatic heterocycles. The molecular weight excluding hydrogens is 256 g/mol. The molecule has 1 aromatic carbocycles. The Morgan fingerprint density at radius 3 is 2.85 bits per heavy atom. The molecular formula is C14H18N4O2. The van der Waals surface area contributed by atoms with E-state index in [1.807, 2.05) is 23.1 Å². The third-order valence-corrected chi connectivity index (χ3v) is 3.69. The van der Waals surface area contributed by atoms with Crippen LogP contribution in [0, 0.1) is 0 Å². The zero-order valence-electron chi connectivity index (χ0n) is 11.3. The second-order valence-electron chi connectivity index (χ2n) is 5.00. The van der Waals surface area contributed by atoms with E-state index in [9.17, 15) is 9.59 Å². The van der Waals surface area contributed by atoms with Crippen molar-refractivity contribution in [3.63, 3.8) is 0 Å². The molecule has 1 saturated heterocycles. The lowest BCUT2D eigenvalue weighted by Gasteiger charge is -2.25. The van der Waals surface area contributed by atoms with Crippen LogP contribution in [0.4, 0.5) is 10.5 Å². The van der Waals surface area contributed by atoms with Gasteiger partial charge in [-0.3, -0.25) is 9.69 Å². The number of urea groups is 1. The van der Waals surface area contributed by atoms with Crippen LogP contribution in [0.3, 0.4) is 0 Å². The van der Waals surface area contributed by atoms with Crippen LogP contribution < -0.4 is 15.5 Å². The van der Waals surface area contributed by atoms with E-state index in [2.05, 4.69) is 16.7 Å². The smallest absolute Gasteiger partial charge is 0.324 e. The van der Waals surface area contributed by atoms with Crippen molar-refractivity contribution < 1.29 is 9.59 Å². The summed E-state index contributed by atoms with van der Waals surface area (Å²) >= 11 is 0. The highest BCUT2D eigenvalue weighted by atomic mass is 16.2. The fourth-order valence-corrected chi connectivity index (χ4v) is 2.65. The predicted octanol–water partition coefficient (Wildman–Crippen LogP) is 0.148. The number of nitrogens with zero attached hydrogens (tertiary/aromatic N) is 2. The number of hydrogen-bond acceptors (Lipinski definition) is 4. The SMILES string of the molecule is O=C(CN1CCNCc2ccccc21)N1CCNC1=O. The molecule has 3 rings (SSSR count). The van der Waals surface area contributed by atoms with E-state index in [1.54, 1.807) is 0 Å². The summed E-state index contributed by atoms with van der Waals surface area (Å²) in [6.07, 6.45) is 0. The van der Waals surface area contributed by atoms with Crippen LogP contribution in [0.5, 0.6) is 0 Å². The van der Waals surface area contributed by atoms with Gasteiger partial charge in [0.05, 0.1) is 6.54 Å². The number of anilines is 1. The van der Waals surface area contributed by atoms with Gasteiger partial charge in [-0.15, -0.1) is 0 Å². The fraction of sp³-hybridized carbons (Fsp3) is 0.429. The number of rotatable bonds is 2. The number of benzene rings is 1.